The molecule has 0 aliphatic rings. The summed E-state index contributed by atoms with van der Waals surface area (Å²) >= 11 is 11.0. The van der Waals surface area contributed by atoms with E-state index in [0.29, 0.717) is 16.4 Å². The summed E-state index contributed by atoms with van der Waals surface area (Å²) in [5.74, 6) is -0.404. The molecule has 1 amide bonds. The van der Waals surface area contributed by atoms with Crippen LogP contribution in [-0.4, -0.2) is 19.4 Å². The first-order chi connectivity index (χ1) is 14.8. The summed E-state index contributed by atoms with van der Waals surface area (Å²) in [6.45, 7) is 0. The van der Waals surface area contributed by atoms with Crippen LogP contribution in [0.2, 0.25) is 5.02 Å². The van der Waals surface area contributed by atoms with Gasteiger partial charge in [0.2, 0.25) is 5.91 Å². The van der Waals surface area contributed by atoms with E-state index >= 15 is 0 Å². The SMILES string of the molecule is O=C(/C=C/c1ccc(Cl)cc1)NC(=S)Nc1ccc(S(=O)(=O)Nc2ccccc2)cc1. The lowest BCUT2D eigenvalue weighted by atomic mass is 10.2. The number of sulfonamides is 1. The molecule has 3 aromatic carbocycles. The standard InChI is InChI=1S/C22H18ClN3O3S2/c23-17-9-6-16(7-10-17)8-15-21(27)25-22(30)24-18-11-13-20(14-12-18)31(28,29)26-19-4-2-1-3-5-19/h1-15,26H,(H2,24,25,27,30)/b15-8+. The number of halogens is 1. The van der Waals surface area contributed by atoms with E-state index in [1.54, 1.807) is 72.8 Å². The van der Waals surface area contributed by atoms with Crippen LogP contribution in [0, 0.1) is 0 Å². The van der Waals surface area contributed by atoms with Crippen LogP contribution in [-0.2, 0) is 14.8 Å². The molecule has 0 aromatic heterocycles. The number of thiocarbonyl (C=S) groups is 1. The summed E-state index contributed by atoms with van der Waals surface area (Å²) in [5.41, 5.74) is 1.82. The van der Waals surface area contributed by atoms with Crippen LogP contribution in [0.1, 0.15) is 5.56 Å². The lowest BCUT2D eigenvalue weighted by Gasteiger charge is -2.10. The summed E-state index contributed by atoms with van der Waals surface area (Å²) in [7, 11) is -3.71. The van der Waals surface area contributed by atoms with Crippen LogP contribution < -0.4 is 15.4 Å². The molecule has 0 aliphatic carbocycles. The average molecular weight is 472 g/mol. The van der Waals surface area contributed by atoms with Crippen LogP contribution in [0.4, 0.5) is 11.4 Å². The van der Waals surface area contributed by atoms with Crippen molar-refractivity contribution in [3.8, 4) is 0 Å². The van der Waals surface area contributed by atoms with Gasteiger partial charge in [0, 0.05) is 22.5 Å². The highest BCUT2D eigenvalue weighted by Gasteiger charge is 2.14. The monoisotopic (exact) mass is 471 g/mol. The molecular weight excluding hydrogens is 454 g/mol. The summed E-state index contributed by atoms with van der Waals surface area (Å²) in [6, 6.07) is 21.6. The molecule has 0 fully saturated rings. The fourth-order valence-corrected chi connectivity index (χ4v) is 3.90. The second-order valence-electron chi connectivity index (χ2n) is 6.32. The highest BCUT2D eigenvalue weighted by Crippen LogP contribution is 2.18. The minimum Gasteiger partial charge on any atom is -0.332 e. The Morgan fingerprint density at radius 1 is 0.871 bits per heavy atom. The largest absolute Gasteiger partial charge is 0.332 e. The van der Waals surface area contributed by atoms with Crippen molar-refractivity contribution in [1.82, 2.24) is 5.32 Å². The molecule has 0 unspecified atom stereocenters. The smallest absolute Gasteiger partial charge is 0.261 e. The molecule has 0 saturated heterocycles. The van der Waals surface area contributed by atoms with Crippen LogP contribution in [0.5, 0.6) is 0 Å². The van der Waals surface area contributed by atoms with Gasteiger partial charge in [0.25, 0.3) is 10.0 Å². The van der Waals surface area contributed by atoms with E-state index in [9.17, 15) is 13.2 Å². The molecule has 3 N–H and O–H groups in total. The van der Waals surface area contributed by atoms with E-state index in [-0.39, 0.29) is 10.0 Å². The van der Waals surface area contributed by atoms with Crippen molar-refractivity contribution in [2.24, 2.45) is 0 Å². The van der Waals surface area contributed by atoms with E-state index in [2.05, 4.69) is 15.4 Å². The zero-order valence-electron chi connectivity index (χ0n) is 16.1. The Balaban J connectivity index is 1.55. The van der Waals surface area contributed by atoms with Crippen molar-refractivity contribution >= 4 is 62.3 Å². The molecule has 3 rings (SSSR count). The van der Waals surface area contributed by atoms with E-state index in [1.807, 2.05) is 0 Å². The zero-order valence-corrected chi connectivity index (χ0v) is 18.5. The number of benzene rings is 3. The van der Waals surface area contributed by atoms with Crippen molar-refractivity contribution < 1.29 is 13.2 Å². The Bertz CT molecular complexity index is 1200. The third-order valence-corrected chi connectivity index (χ3v) is 5.84. The lowest BCUT2D eigenvalue weighted by molar-refractivity contribution is -0.115. The van der Waals surface area contributed by atoms with E-state index in [4.69, 9.17) is 23.8 Å². The number of amides is 1. The fourth-order valence-electron chi connectivity index (χ4n) is 2.50. The highest BCUT2D eigenvalue weighted by atomic mass is 35.5. The fraction of sp³-hybridized carbons (Fsp3) is 0. The van der Waals surface area contributed by atoms with Crippen molar-refractivity contribution in [1.29, 1.82) is 0 Å². The number of nitrogens with one attached hydrogen (secondary N) is 3. The average Bonchev–Trinajstić information content (AvgIpc) is 2.74. The quantitative estimate of drug-likeness (QED) is 0.359. The van der Waals surface area contributed by atoms with Gasteiger partial charge < -0.3 is 5.32 Å². The van der Waals surface area contributed by atoms with E-state index in [0.717, 1.165) is 5.56 Å². The Morgan fingerprint density at radius 2 is 1.52 bits per heavy atom. The van der Waals surface area contributed by atoms with Crippen LogP contribution >= 0.6 is 23.8 Å². The molecule has 0 saturated carbocycles. The first-order valence-electron chi connectivity index (χ1n) is 9.05. The molecule has 158 valence electrons. The minimum atomic E-state index is -3.71. The molecule has 0 aliphatic heterocycles. The number of rotatable bonds is 6. The molecule has 31 heavy (non-hydrogen) atoms. The predicted molar refractivity (Wildman–Crippen MR) is 129 cm³/mol. The number of carbonyl (C=O) groups excluding carboxylic acids is 1. The first-order valence-corrected chi connectivity index (χ1v) is 11.3. The number of hydrogen-bond donors (Lipinski definition) is 3. The maximum Gasteiger partial charge on any atom is 0.261 e. The molecule has 6 nitrogen and oxygen atoms in total. The maximum absolute atomic E-state index is 12.5. The second-order valence-corrected chi connectivity index (χ2v) is 8.85. The Kier molecular flexibility index (Phi) is 7.41. The molecule has 0 heterocycles. The van der Waals surface area contributed by atoms with Gasteiger partial charge >= 0.3 is 0 Å². The molecular formula is C22H18ClN3O3S2. The number of hydrogen-bond acceptors (Lipinski definition) is 4. The van der Waals surface area contributed by atoms with Gasteiger partial charge in [-0.3, -0.25) is 14.8 Å². The summed E-state index contributed by atoms with van der Waals surface area (Å²) < 4.78 is 27.4. The Labute approximate surface area is 191 Å². The van der Waals surface area contributed by atoms with Crippen LogP contribution in [0.25, 0.3) is 6.08 Å². The third-order valence-electron chi connectivity index (χ3n) is 3.98. The van der Waals surface area contributed by atoms with Crippen molar-refractivity contribution in [3.05, 3.63) is 95.5 Å². The van der Waals surface area contributed by atoms with Gasteiger partial charge in [-0.25, -0.2) is 8.42 Å². The van der Waals surface area contributed by atoms with Gasteiger partial charge in [-0.05, 0) is 72.4 Å². The molecule has 9 heteroatoms. The van der Waals surface area contributed by atoms with Gasteiger partial charge in [0.15, 0.2) is 5.11 Å². The van der Waals surface area contributed by atoms with Crippen LogP contribution in [0.3, 0.4) is 0 Å². The number of para-hydroxylation sites is 1. The summed E-state index contributed by atoms with van der Waals surface area (Å²) in [5, 5.41) is 6.06. The summed E-state index contributed by atoms with van der Waals surface area (Å²) in [6.07, 6.45) is 2.98. The maximum atomic E-state index is 12.5. The van der Waals surface area contributed by atoms with Gasteiger partial charge in [-0.2, -0.15) is 0 Å². The lowest BCUT2D eigenvalue weighted by Crippen LogP contribution is -2.32. The van der Waals surface area contributed by atoms with Gasteiger partial charge in [-0.1, -0.05) is 41.9 Å². The highest BCUT2D eigenvalue weighted by molar-refractivity contribution is 7.92. The van der Waals surface area contributed by atoms with Crippen molar-refractivity contribution in [2.45, 2.75) is 4.90 Å². The van der Waals surface area contributed by atoms with Gasteiger partial charge in [-0.15, -0.1) is 0 Å². The van der Waals surface area contributed by atoms with Crippen molar-refractivity contribution in [3.63, 3.8) is 0 Å². The van der Waals surface area contributed by atoms with Crippen molar-refractivity contribution in [2.75, 3.05) is 10.0 Å². The molecule has 0 spiro atoms. The second kappa shape index (κ2) is 10.2. The summed E-state index contributed by atoms with van der Waals surface area (Å²) in [4.78, 5) is 12.1. The van der Waals surface area contributed by atoms with Crippen LogP contribution in [0.15, 0.2) is 89.8 Å². The predicted octanol–water partition coefficient (Wildman–Crippen LogP) is 4.67. The molecule has 0 bridgehead atoms. The molecule has 0 atom stereocenters. The molecule has 3 aromatic rings. The number of anilines is 2. The molecule has 0 radical (unpaired) electrons. The minimum absolute atomic E-state index is 0.0868. The van der Waals surface area contributed by atoms with Gasteiger partial charge in [0.05, 0.1) is 4.90 Å². The normalized spacial score (nSPS) is 11.1. The zero-order chi connectivity index (χ0) is 22.3. The van der Waals surface area contributed by atoms with E-state index in [1.165, 1.54) is 18.2 Å². The number of carbonyl (C=O) groups is 1. The van der Waals surface area contributed by atoms with Gasteiger partial charge in [0.1, 0.15) is 0 Å². The topological polar surface area (TPSA) is 87.3 Å². The Morgan fingerprint density at radius 3 is 2.16 bits per heavy atom. The third kappa shape index (κ3) is 6.92. The first kappa shape index (κ1) is 22.5. The van der Waals surface area contributed by atoms with E-state index < -0.39 is 15.9 Å². The Hall–Kier alpha value is -3.20.